The third-order valence-corrected chi connectivity index (χ3v) is 5.78. The Bertz CT molecular complexity index is 1020. The Hall–Kier alpha value is -2.51. The lowest BCUT2D eigenvalue weighted by Crippen LogP contribution is -2.40. The van der Waals surface area contributed by atoms with Crippen LogP contribution in [0.5, 0.6) is 0 Å². The molecule has 6 atom stereocenters. The zero-order valence-electron chi connectivity index (χ0n) is 17.9. The second-order valence-electron chi connectivity index (χ2n) is 7.80. The fourth-order valence-corrected chi connectivity index (χ4v) is 3.98. The minimum atomic E-state index is -2.53. The molecule has 2 aromatic heterocycles. The van der Waals surface area contributed by atoms with Crippen molar-refractivity contribution in [2.45, 2.75) is 63.9 Å². The number of aromatic nitrogens is 4. The van der Waals surface area contributed by atoms with E-state index in [1.165, 1.54) is 17.8 Å². The van der Waals surface area contributed by atoms with Gasteiger partial charge in [0.15, 0.2) is 23.4 Å². The number of aliphatic hydroxyl groups is 1. The number of fused-ring (bicyclic) bond motifs is 1. The number of anilines is 2. The number of nitrogens with one attached hydrogen (secondary N) is 1. The molecule has 0 amide bonds. The number of esters is 1. The van der Waals surface area contributed by atoms with Crippen LogP contribution >= 0.6 is 8.18 Å². The van der Waals surface area contributed by atoms with Gasteiger partial charge in [0.25, 0.3) is 0 Å². The van der Waals surface area contributed by atoms with E-state index in [1.54, 1.807) is 13.8 Å². The molecule has 1 aliphatic rings. The number of halogens is 1. The lowest BCUT2D eigenvalue weighted by atomic mass is 9.98. The maximum atomic E-state index is 15.4. The molecule has 0 bridgehead atoms. The molecule has 1 fully saturated rings. The molecule has 3 rings (SSSR count). The van der Waals surface area contributed by atoms with Crippen molar-refractivity contribution in [2.24, 2.45) is 0 Å². The average Bonchev–Trinajstić information content (AvgIpc) is 3.19. The number of nitrogens with two attached hydrogens (primary N) is 2. The standard InChI is InChI=1S/C17H26FN7O6P/c1-7(2)30-14(27)8(3)24-32(28)29-5-9-11(26)17(4,18)15(31-9)25-6-21-10-12(19)22-16(20)23-13(10)25/h6-9,11,15,26H,5H2,1-4H3,(H,24,28)(H4,19,20,22,23)/q+1/t8-,9?,11+,15+,17+/m0/s1. The molecule has 6 N–H and O–H groups in total. The van der Waals surface area contributed by atoms with Crippen LogP contribution in [0.4, 0.5) is 16.2 Å². The number of aliphatic hydroxyl groups excluding tert-OH is 1. The molecule has 0 aliphatic carbocycles. The van der Waals surface area contributed by atoms with Crippen molar-refractivity contribution in [1.82, 2.24) is 24.6 Å². The zero-order valence-corrected chi connectivity index (χ0v) is 18.8. The molecule has 0 aromatic carbocycles. The third-order valence-electron chi connectivity index (χ3n) is 4.80. The van der Waals surface area contributed by atoms with Crippen molar-refractivity contribution in [2.75, 3.05) is 18.1 Å². The fraction of sp³-hybridized carbons (Fsp3) is 0.647. The minimum Gasteiger partial charge on any atom is -0.462 e. The Morgan fingerprint density at radius 3 is 2.78 bits per heavy atom. The number of alkyl halides is 1. The Balaban J connectivity index is 1.68. The number of nitrogen functional groups attached to an aromatic ring is 2. The highest BCUT2D eigenvalue weighted by Crippen LogP contribution is 2.43. The summed E-state index contributed by atoms with van der Waals surface area (Å²) in [7, 11) is -2.53. The second kappa shape index (κ2) is 9.16. The molecule has 176 valence electrons. The van der Waals surface area contributed by atoms with Crippen LogP contribution in [0.3, 0.4) is 0 Å². The van der Waals surface area contributed by atoms with Gasteiger partial charge in [-0.25, -0.2) is 9.37 Å². The third kappa shape index (κ3) is 4.79. The largest absolute Gasteiger partial charge is 0.613 e. The van der Waals surface area contributed by atoms with E-state index in [4.69, 9.17) is 25.5 Å². The summed E-state index contributed by atoms with van der Waals surface area (Å²) in [6.07, 6.45) is -3.24. The lowest BCUT2D eigenvalue weighted by molar-refractivity contribution is -0.149. The van der Waals surface area contributed by atoms with Crippen molar-refractivity contribution in [3.05, 3.63) is 6.33 Å². The van der Waals surface area contributed by atoms with Crippen LogP contribution in [0.1, 0.15) is 33.9 Å². The first-order chi connectivity index (χ1) is 14.9. The molecule has 2 aromatic rings. The summed E-state index contributed by atoms with van der Waals surface area (Å²) in [6, 6.07) is -0.900. The number of hydrogen-bond acceptors (Lipinski definition) is 11. The Morgan fingerprint density at radius 2 is 2.12 bits per heavy atom. The van der Waals surface area contributed by atoms with Crippen molar-refractivity contribution in [3.63, 3.8) is 0 Å². The molecular weight excluding hydrogens is 448 g/mol. The molecule has 1 aliphatic heterocycles. The van der Waals surface area contributed by atoms with Gasteiger partial charge >= 0.3 is 14.1 Å². The molecule has 0 radical (unpaired) electrons. The van der Waals surface area contributed by atoms with Crippen molar-refractivity contribution in [3.8, 4) is 0 Å². The number of hydrogen-bond donors (Lipinski definition) is 4. The molecule has 1 saturated heterocycles. The van der Waals surface area contributed by atoms with E-state index in [0.717, 1.165) is 6.92 Å². The summed E-state index contributed by atoms with van der Waals surface area (Å²) in [5.41, 5.74) is 9.43. The van der Waals surface area contributed by atoms with E-state index in [0.29, 0.717) is 0 Å². The second-order valence-corrected chi connectivity index (χ2v) is 8.83. The van der Waals surface area contributed by atoms with Gasteiger partial charge in [-0.2, -0.15) is 9.97 Å². The fourth-order valence-electron chi connectivity index (χ4n) is 3.20. The first-order valence-electron chi connectivity index (χ1n) is 9.76. The molecule has 2 unspecified atom stereocenters. The molecule has 13 nitrogen and oxygen atoms in total. The van der Waals surface area contributed by atoms with E-state index in [2.05, 4.69) is 20.0 Å². The average molecular weight is 474 g/mol. The van der Waals surface area contributed by atoms with E-state index < -0.39 is 50.9 Å². The van der Waals surface area contributed by atoms with Crippen LogP contribution < -0.4 is 16.6 Å². The topological polar surface area (TPSA) is 190 Å². The van der Waals surface area contributed by atoms with E-state index >= 15 is 4.39 Å². The lowest BCUT2D eigenvalue weighted by Gasteiger charge is -2.24. The van der Waals surface area contributed by atoms with Gasteiger partial charge in [0, 0.05) is 0 Å². The van der Waals surface area contributed by atoms with Crippen LogP contribution in [0.2, 0.25) is 0 Å². The number of ether oxygens (including phenoxy) is 2. The summed E-state index contributed by atoms with van der Waals surface area (Å²) in [5, 5.41) is 12.9. The van der Waals surface area contributed by atoms with Gasteiger partial charge in [-0.3, -0.25) is 9.36 Å². The quantitative estimate of drug-likeness (QED) is 0.308. The predicted molar refractivity (Wildman–Crippen MR) is 111 cm³/mol. The van der Waals surface area contributed by atoms with Crippen LogP contribution in [-0.2, 0) is 23.4 Å². The molecule has 0 spiro atoms. The highest BCUT2D eigenvalue weighted by Gasteiger charge is 2.56. The summed E-state index contributed by atoms with van der Waals surface area (Å²) in [5.74, 6) is -0.727. The van der Waals surface area contributed by atoms with Gasteiger partial charge in [0.2, 0.25) is 5.95 Å². The highest BCUT2D eigenvalue weighted by molar-refractivity contribution is 7.36. The smallest absolute Gasteiger partial charge is 0.462 e. The van der Waals surface area contributed by atoms with Gasteiger partial charge in [-0.1, -0.05) is 5.09 Å². The summed E-state index contributed by atoms with van der Waals surface area (Å²) < 4.78 is 44.6. The number of carbonyl (C=O) groups is 1. The summed E-state index contributed by atoms with van der Waals surface area (Å²) in [6.45, 7) is 5.55. The first kappa shape index (κ1) is 24.1. The monoisotopic (exact) mass is 474 g/mol. The molecule has 3 heterocycles. The van der Waals surface area contributed by atoms with Crippen molar-refractivity contribution in [1.29, 1.82) is 0 Å². The zero-order chi connectivity index (χ0) is 23.8. The number of imidazole rings is 1. The number of nitrogens with zero attached hydrogens (tertiary/aromatic N) is 4. The van der Waals surface area contributed by atoms with E-state index in [-0.39, 0.29) is 29.0 Å². The normalized spacial score (nSPS) is 27.1. The summed E-state index contributed by atoms with van der Waals surface area (Å²) in [4.78, 5) is 23.7. The van der Waals surface area contributed by atoms with Gasteiger partial charge in [0.1, 0.15) is 30.4 Å². The number of carbonyl (C=O) groups excluding carboxylic acids is 1. The maximum absolute atomic E-state index is 15.4. The van der Waals surface area contributed by atoms with Crippen LogP contribution in [0, 0.1) is 0 Å². The Labute approximate surface area is 183 Å². The van der Waals surface area contributed by atoms with Crippen molar-refractivity contribution < 1.29 is 32.9 Å². The maximum Gasteiger partial charge on any atom is 0.613 e. The van der Waals surface area contributed by atoms with Crippen LogP contribution in [0.25, 0.3) is 11.2 Å². The Kier molecular flexibility index (Phi) is 6.91. The molecule has 15 heteroatoms. The molecular formula is C17H26FN7O6P+. The van der Waals surface area contributed by atoms with Gasteiger partial charge < -0.3 is 26.0 Å². The van der Waals surface area contributed by atoms with Gasteiger partial charge in [-0.05, 0) is 32.3 Å². The molecule has 32 heavy (non-hydrogen) atoms. The minimum absolute atomic E-state index is 0.0124. The van der Waals surface area contributed by atoms with E-state index in [1.807, 2.05) is 0 Å². The molecule has 0 saturated carbocycles. The van der Waals surface area contributed by atoms with Gasteiger partial charge in [0.05, 0.1) is 12.4 Å². The predicted octanol–water partition coefficient (Wildman–Crippen LogP) is 0.581. The SMILES string of the molecule is CC(C)OC(=O)[C@H](C)N[P+](=O)OCC1O[C@@H](n2cnc3c(N)nc(N)nc32)[C@](C)(F)[C@@H]1O. The number of rotatable bonds is 8. The highest BCUT2D eigenvalue weighted by atomic mass is 31.1. The van der Waals surface area contributed by atoms with Crippen LogP contribution in [0.15, 0.2) is 6.33 Å². The van der Waals surface area contributed by atoms with Crippen LogP contribution in [-0.4, -0.2) is 67.2 Å². The Morgan fingerprint density at radius 1 is 1.44 bits per heavy atom. The first-order valence-corrected chi connectivity index (χ1v) is 10.9. The van der Waals surface area contributed by atoms with Gasteiger partial charge in [-0.15, -0.1) is 4.52 Å². The van der Waals surface area contributed by atoms with Crippen molar-refractivity contribution >= 4 is 37.1 Å². The summed E-state index contributed by atoms with van der Waals surface area (Å²) >= 11 is 0. The van der Waals surface area contributed by atoms with E-state index in [9.17, 15) is 14.5 Å².